The molecule has 1 aromatic rings. The first-order valence-corrected chi connectivity index (χ1v) is 5.17. The summed E-state index contributed by atoms with van der Waals surface area (Å²) in [6.07, 6.45) is 0. The van der Waals surface area contributed by atoms with Gasteiger partial charge < -0.3 is 10.0 Å². The van der Waals surface area contributed by atoms with Crippen LogP contribution in [0.2, 0.25) is 0 Å². The number of aliphatic hydroxyl groups is 1. The highest BCUT2D eigenvalue weighted by molar-refractivity contribution is 5.83. The molecule has 0 radical (unpaired) electrons. The maximum atomic E-state index is 13.0. The quantitative estimate of drug-likeness (QED) is 0.841. The van der Waals surface area contributed by atoms with E-state index in [4.69, 9.17) is 5.11 Å². The van der Waals surface area contributed by atoms with E-state index in [-0.39, 0.29) is 18.3 Å². The number of carbonyl (C=O) groups is 1. The number of carbonyl (C=O) groups excluding carboxylic acids is 1. The van der Waals surface area contributed by atoms with Gasteiger partial charge in [0.05, 0.1) is 12.5 Å². The summed E-state index contributed by atoms with van der Waals surface area (Å²) in [4.78, 5) is 13.3. The van der Waals surface area contributed by atoms with Crippen molar-refractivity contribution in [3.63, 3.8) is 0 Å². The number of rotatable bonds is 4. The highest BCUT2D eigenvalue weighted by atomic mass is 19.1. The average molecular weight is 225 g/mol. The van der Waals surface area contributed by atoms with E-state index >= 15 is 0 Å². The van der Waals surface area contributed by atoms with Gasteiger partial charge in [-0.25, -0.2) is 4.39 Å². The second kappa shape index (κ2) is 5.61. The Morgan fingerprint density at radius 2 is 2.25 bits per heavy atom. The molecular formula is C12H16FNO2. The average Bonchev–Trinajstić information content (AvgIpc) is 2.27. The van der Waals surface area contributed by atoms with Gasteiger partial charge in [-0.2, -0.15) is 0 Å². The van der Waals surface area contributed by atoms with Crippen molar-refractivity contribution in [1.82, 2.24) is 4.90 Å². The summed E-state index contributed by atoms with van der Waals surface area (Å²) in [7, 11) is 1.62. The van der Waals surface area contributed by atoms with Crippen molar-refractivity contribution in [2.45, 2.75) is 12.8 Å². The molecule has 0 aliphatic carbocycles. The van der Waals surface area contributed by atoms with E-state index in [9.17, 15) is 9.18 Å². The minimum absolute atomic E-state index is 0.0713. The second-order valence-corrected chi connectivity index (χ2v) is 3.76. The first kappa shape index (κ1) is 12.6. The van der Waals surface area contributed by atoms with Gasteiger partial charge >= 0.3 is 0 Å². The van der Waals surface area contributed by atoms with Crippen molar-refractivity contribution in [1.29, 1.82) is 0 Å². The lowest BCUT2D eigenvalue weighted by molar-refractivity contribution is -0.131. The van der Waals surface area contributed by atoms with Crippen LogP contribution in [0.1, 0.15) is 18.4 Å². The van der Waals surface area contributed by atoms with Crippen molar-refractivity contribution in [2.24, 2.45) is 0 Å². The summed E-state index contributed by atoms with van der Waals surface area (Å²) in [6, 6.07) is 6.01. The molecule has 1 amide bonds. The molecule has 1 N–H and O–H groups in total. The highest BCUT2D eigenvalue weighted by Gasteiger charge is 2.18. The smallest absolute Gasteiger partial charge is 0.229 e. The highest BCUT2D eigenvalue weighted by Crippen LogP contribution is 2.18. The van der Waals surface area contributed by atoms with Gasteiger partial charge in [0.25, 0.3) is 0 Å². The summed E-state index contributed by atoms with van der Waals surface area (Å²) in [6.45, 7) is 1.95. The topological polar surface area (TPSA) is 40.5 Å². The Bertz CT molecular complexity index is 368. The van der Waals surface area contributed by atoms with Crippen LogP contribution in [0.15, 0.2) is 24.3 Å². The summed E-state index contributed by atoms with van der Waals surface area (Å²) in [5, 5.41) is 8.73. The molecule has 1 atom stereocenters. The molecule has 0 aromatic heterocycles. The molecular weight excluding hydrogens is 209 g/mol. The number of hydrogen-bond acceptors (Lipinski definition) is 2. The van der Waals surface area contributed by atoms with Crippen LogP contribution in [0, 0.1) is 5.82 Å². The molecule has 0 saturated heterocycles. The zero-order chi connectivity index (χ0) is 12.1. The van der Waals surface area contributed by atoms with E-state index in [1.54, 1.807) is 26.1 Å². The number of likely N-dealkylation sites (N-methyl/N-ethyl adjacent to an activating group) is 1. The normalized spacial score (nSPS) is 12.2. The van der Waals surface area contributed by atoms with Crippen molar-refractivity contribution in [2.75, 3.05) is 20.2 Å². The Morgan fingerprint density at radius 3 is 2.81 bits per heavy atom. The van der Waals surface area contributed by atoms with Gasteiger partial charge in [-0.1, -0.05) is 12.1 Å². The minimum Gasteiger partial charge on any atom is -0.395 e. The fourth-order valence-corrected chi connectivity index (χ4v) is 1.51. The molecule has 0 spiro atoms. The van der Waals surface area contributed by atoms with E-state index in [2.05, 4.69) is 0 Å². The molecule has 0 fully saturated rings. The van der Waals surface area contributed by atoms with E-state index < -0.39 is 5.92 Å². The van der Waals surface area contributed by atoms with Gasteiger partial charge in [0.1, 0.15) is 5.82 Å². The Hall–Kier alpha value is -1.42. The number of amides is 1. The van der Waals surface area contributed by atoms with Crippen molar-refractivity contribution < 1.29 is 14.3 Å². The summed E-state index contributed by atoms with van der Waals surface area (Å²) in [5.74, 6) is -0.867. The first-order valence-electron chi connectivity index (χ1n) is 5.17. The van der Waals surface area contributed by atoms with Crippen LogP contribution in [0.4, 0.5) is 4.39 Å². The third kappa shape index (κ3) is 3.03. The maximum absolute atomic E-state index is 13.0. The van der Waals surface area contributed by atoms with E-state index in [0.717, 1.165) is 0 Å². The van der Waals surface area contributed by atoms with Gasteiger partial charge in [-0.05, 0) is 24.6 Å². The summed E-state index contributed by atoms with van der Waals surface area (Å²) < 4.78 is 13.0. The van der Waals surface area contributed by atoms with Gasteiger partial charge in [0.2, 0.25) is 5.91 Å². The molecule has 0 aliphatic heterocycles. The Morgan fingerprint density at radius 1 is 1.56 bits per heavy atom. The van der Waals surface area contributed by atoms with E-state index in [1.165, 1.54) is 17.0 Å². The van der Waals surface area contributed by atoms with Crippen molar-refractivity contribution in [3.05, 3.63) is 35.6 Å². The van der Waals surface area contributed by atoms with Crippen LogP contribution in [0.3, 0.4) is 0 Å². The van der Waals surface area contributed by atoms with Crippen molar-refractivity contribution >= 4 is 5.91 Å². The van der Waals surface area contributed by atoms with Gasteiger partial charge in [0.15, 0.2) is 0 Å². The number of nitrogens with zero attached hydrogens (tertiary/aromatic N) is 1. The predicted octanol–water partition coefficient (Wildman–Crippen LogP) is 1.38. The molecule has 88 valence electrons. The molecule has 3 nitrogen and oxygen atoms in total. The number of hydrogen-bond donors (Lipinski definition) is 1. The molecule has 16 heavy (non-hydrogen) atoms. The lowest BCUT2D eigenvalue weighted by Gasteiger charge is -2.20. The summed E-state index contributed by atoms with van der Waals surface area (Å²) >= 11 is 0. The zero-order valence-electron chi connectivity index (χ0n) is 9.48. The zero-order valence-corrected chi connectivity index (χ0v) is 9.48. The molecule has 0 heterocycles. The van der Waals surface area contributed by atoms with Crippen LogP contribution >= 0.6 is 0 Å². The van der Waals surface area contributed by atoms with E-state index in [1.807, 2.05) is 0 Å². The molecule has 0 saturated carbocycles. The SMILES string of the molecule is CC(C(=O)N(C)CCO)c1cccc(F)c1. The molecule has 1 unspecified atom stereocenters. The first-order chi connectivity index (χ1) is 7.56. The summed E-state index contributed by atoms with van der Waals surface area (Å²) in [5.41, 5.74) is 0.648. The van der Waals surface area contributed by atoms with Crippen LogP contribution < -0.4 is 0 Å². The molecule has 0 bridgehead atoms. The molecule has 4 heteroatoms. The number of benzene rings is 1. The fourth-order valence-electron chi connectivity index (χ4n) is 1.51. The van der Waals surface area contributed by atoms with Crippen LogP contribution in [-0.4, -0.2) is 36.1 Å². The largest absolute Gasteiger partial charge is 0.395 e. The third-order valence-corrected chi connectivity index (χ3v) is 2.53. The third-order valence-electron chi connectivity index (χ3n) is 2.53. The Kier molecular flexibility index (Phi) is 4.43. The van der Waals surface area contributed by atoms with Crippen LogP contribution in [-0.2, 0) is 4.79 Å². The van der Waals surface area contributed by atoms with Gasteiger partial charge in [-0.3, -0.25) is 4.79 Å². The maximum Gasteiger partial charge on any atom is 0.229 e. The Balaban J connectivity index is 2.77. The number of aliphatic hydroxyl groups excluding tert-OH is 1. The standard InChI is InChI=1S/C12H16FNO2/c1-9(12(16)14(2)6-7-15)10-4-3-5-11(13)8-10/h3-5,8-9,15H,6-7H2,1-2H3. The molecule has 1 rings (SSSR count). The lowest BCUT2D eigenvalue weighted by Crippen LogP contribution is -2.32. The van der Waals surface area contributed by atoms with Crippen molar-refractivity contribution in [3.8, 4) is 0 Å². The van der Waals surface area contributed by atoms with Gasteiger partial charge in [-0.15, -0.1) is 0 Å². The van der Waals surface area contributed by atoms with Crippen LogP contribution in [0.5, 0.6) is 0 Å². The monoisotopic (exact) mass is 225 g/mol. The number of halogens is 1. The lowest BCUT2D eigenvalue weighted by atomic mass is 10.00. The minimum atomic E-state index is -0.396. The van der Waals surface area contributed by atoms with Crippen LogP contribution in [0.25, 0.3) is 0 Å². The molecule has 1 aromatic carbocycles. The fraction of sp³-hybridized carbons (Fsp3) is 0.417. The molecule has 0 aliphatic rings. The predicted molar refractivity (Wildman–Crippen MR) is 59.5 cm³/mol. The van der Waals surface area contributed by atoms with E-state index in [0.29, 0.717) is 12.1 Å². The second-order valence-electron chi connectivity index (χ2n) is 3.76. The Labute approximate surface area is 94.5 Å². The van der Waals surface area contributed by atoms with Gasteiger partial charge in [0, 0.05) is 13.6 Å².